The lowest BCUT2D eigenvalue weighted by atomic mass is 10.2. The molecule has 1 fully saturated rings. The van der Waals surface area contributed by atoms with Crippen LogP contribution in [-0.4, -0.2) is 56.3 Å². The van der Waals surface area contributed by atoms with Crippen molar-refractivity contribution in [3.63, 3.8) is 0 Å². The highest BCUT2D eigenvalue weighted by Crippen LogP contribution is 2.18. The van der Waals surface area contributed by atoms with E-state index in [0.29, 0.717) is 11.6 Å². The monoisotopic (exact) mass is 401 g/mol. The van der Waals surface area contributed by atoms with Crippen LogP contribution in [0.25, 0.3) is 17.1 Å². The summed E-state index contributed by atoms with van der Waals surface area (Å²) in [4.78, 5) is 26.1. The Kier molecular flexibility index (Phi) is 5.03. The normalized spacial score (nSPS) is 15.0. The van der Waals surface area contributed by atoms with E-state index in [1.165, 1.54) is 0 Å². The lowest BCUT2D eigenvalue weighted by Crippen LogP contribution is -2.48. The quantitative estimate of drug-likeness (QED) is 0.514. The van der Waals surface area contributed by atoms with Crippen LogP contribution in [0.1, 0.15) is 11.4 Å². The summed E-state index contributed by atoms with van der Waals surface area (Å²) in [6.07, 6.45) is 5.93. The fourth-order valence-electron chi connectivity index (χ4n) is 3.82. The van der Waals surface area contributed by atoms with Gasteiger partial charge in [-0.1, -0.05) is 24.3 Å². The van der Waals surface area contributed by atoms with Crippen LogP contribution < -0.4 is 0 Å². The van der Waals surface area contributed by atoms with Gasteiger partial charge in [0.25, 0.3) is 0 Å². The number of piperazine rings is 1. The molecule has 1 saturated heterocycles. The number of aromatic nitrogens is 3. The summed E-state index contributed by atoms with van der Waals surface area (Å²) in [6.45, 7) is 3.92. The van der Waals surface area contributed by atoms with Crippen LogP contribution in [0.3, 0.4) is 0 Å². The van der Waals surface area contributed by atoms with Crippen molar-refractivity contribution >= 4 is 11.6 Å². The van der Waals surface area contributed by atoms with E-state index in [1.54, 1.807) is 6.26 Å². The van der Waals surface area contributed by atoms with Crippen molar-refractivity contribution in [3.05, 3.63) is 78.6 Å². The average molecular weight is 401 g/mol. The summed E-state index contributed by atoms with van der Waals surface area (Å²) in [7, 11) is 0. The highest BCUT2D eigenvalue weighted by Gasteiger charge is 2.22. The van der Waals surface area contributed by atoms with Gasteiger partial charge >= 0.3 is 0 Å². The molecular weight excluding hydrogens is 378 g/mol. The third-order valence-electron chi connectivity index (χ3n) is 5.43. The molecule has 1 aromatic carbocycles. The number of hydrogen-bond acceptors (Lipinski definition) is 5. The molecule has 152 valence electrons. The predicted molar refractivity (Wildman–Crippen MR) is 113 cm³/mol. The van der Waals surface area contributed by atoms with Gasteiger partial charge in [-0.2, -0.15) is 0 Å². The van der Waals surface area contributed by atoms with E-state index in [-0.39, 0.29) is 12.3 Å². The first-order chi connectivity index (χ1) is 14.7. The van der Waals surface area contributed by atoms with Crippen molar-refractivity contribution in [2.24, 2.45) is 0 Å². The third kappa shape index (κ3) is 3.97. The van der Waals surface area contributed by atoms with E-state index >= 15 is 0 Å². The Morgan fingerprint density at radius 1 is 0.933 bits per heavy atom. The molecule has 0 N–H and O–H groups in total. The number of fused-ring (bicyclic) bond motifs is 1. The first-order valence-electron chi connectivity index (χ1n) is 10.2. The van der Waals surface area contributed by atoms with Gasteiger partial charge in [-0.3, -0.25) is 9.69 Å². The molecule has 4 aromatic rings. The zero-order valence-corrected chi connectivity index (χ0v) is 16.6. The largest absolute Gasteiger partial charge is 0.444 e. The maximum Gasteiger partial charge on any atom is 0.228 e. The number of nitrogens with zero attached hydrogens (tertiary/aromatic N) is 5. The summed E-state index contributed by atoms with van der Waals surface area (Å²) in [6, 6.07) is 15.7. The number of rotatable bonds is 5. The topological polar surface area (TPSA) is 66.9 Å². The lowest BCUT2D eigenvalue weighted by Gasteiger charge is -2.34. The second-order valence-electron chi connectivity index (χ2n) is 7.54. The van der Waals surface area contributed by atoms with Gasteiger partial charge in [-0.05, 0) is 24.3 Å². The fraction of sp³-hybridized carbons (Fsp3) is 0.261. The molecule has 0 saturated carbocycles. The Balaban J connectivity index is 1.15. The maximum absolute atomic E-state index is 12.7. The van der Waals surface area contributed by atoms with Gasteiger partial charge in [0, 0.05) is 50.7 Å². The Bertz CT molecular complexity index is 1110. The predicted octanol–water partition coefficient (Wildman–Crippen LogP) is 2.88. The average Bonchev–Trinajstić information content (AvgIpc) is 3.41. The standard InChI is InChI=1S/C23H23N5O2/c29-22(14-19-17-30-23(25-19)18-6-2-1-3-7-18)27-12-10-26(11-13-27)15-20-16-28-9-5-4-8-21(28)24-20/h1-9,16-17H,10-15H2. The molecule has 0 bridgehead atoms. The van der Waals surface area contributed by atoms with Crippen molar-refractivity contribution in [1.29, 1.82) is 0 Å². The molecule has 7 nitrogen and oxygen atoms in total. The van der Waals surface area contributed by atoms with Crippen molar-refractivity contribution in [1.82, 2.24) is 24.2 Å². The fourth-order valence-corrected chi connectivity index (χ4v) is 3.82. The Morgan fingerprint density at radius 3 is 2.53 bits per heavy atom. The van der Waals surface area contributed by atoms with E-state index in [4.69, 9.17) is 4.42 Å². The van der Waals surface area contributed by atoms with Gasteiger partial charge in [0.1, 0.15) is 11.9 Å². The van der Waals surface area contributed by atoms with Crippen LogP contribution in [-0.2, 0) is 17.8 Å². The number of pyridine rings is 1. The van der Waals surface area contributed by atoms with E-state index in [0.717, 1.165) is 49.6 Å². The van der Waals surface area contributed by atoms with E-state index in [9.17, 15) is 4.79 Å². The Hall–Kier alpha value is -3.45. The number of carbonyl (C=O) groups excluding carboxylic acids is 1. The van der Waals surface area contributed by atoms with Gasteiger partial charge in [0.05, 0.1) is 17.8 Å². The van der Waals surface area contributed by atoms with E-state index < -0.39 is 0 Å². The molecule has 1 amide bonds. The summed E-state index contributed by atoms with van der Waals surface area (Å²) < 4.78 is 7.59. The molecule has 0 atom stereocenters. The molecule has 1 aliphatic rings. The molecule has 0 radical (unpaired) electrons. The van der Waals surface area contributed by atoms with Gasteiger partial charge in [-0.15, -0.1) is 0 Å². The SMILES string of the molecule is O=C(Cc1coc(-c2ccccc2)n1)N1CCN(Cc2cn3ccccc3n2)CC1. The minimum absolute atomic E-state index is 0.0929. The van der Waals surface area contributed by atoms with Gasteiger partial charge < -0.3 is 13.7 Å². The third-order valence-corrected chi connectivity index (χ3v) is 5.43. The summed E-state index contributed by atoms with van der Waals surface area (Å²) in [5.41, 5.74) is 3.60. The number of amides is 1. The first kappa shape index (κ1) is 18.6. The number of carbonyl (C=O) groups is 1. The van der Waals surface area contributed by atoms with Crippen molar-refractivity contribution in [3.8, 4) is 11.5 Å². The number of hydrogen-bond donors (Lipinski definition) is 0. The summed E-state index contributed by atoms with van der Waals surface area (Å²) in [5, 5.41) is 0. The smallest absolute Gasteiger partial charge is 0.228 e. The molecule has 0 unspecified atom stereocenters. The maximum atomic E-state index is 12.7. The zero-order valence-electron chi connectivity index (χ0n) is 16.6. The van der Waals surface area contributed by atoms with Crippen LogP contribution >= 0.6 is 0 Å². The van der Waals surface area contributed by atoms with Gasteiger partial charge in [0.2, 0.25) is 11.8 Å². The number of benzene rings is 1. The molecule has 1 aliphatic heterocycles. The highest BCUT2D eigenvalue weighted by atomic mass is 16.3. The molecule has 0 aliphatic carbocycles. The molecule has 7 heteroatoms. The molecule has 5 rings (SSSR count). The minimum atomic E-state index is 0.0929. The Morgan fingerprint density at radius 2 is 1.73 bits per heavy atom. The molecular formula is C23H23N5O2. The number of imidazole rings is 1. The van der Waals surface area contributed by atoms with Crippen molar-refractivity contribution in [2.75, 3.05) is 26.2 Å². The summed E-state index contributed by atoms with van der Waals surface area (Å²) >= 11 is 0. The number of oxazole rings is 1. The molecule has 0 spiro atoms. The lowest BCUT2D eigenvalue weighted by molar-refractivity contribution is -0.132. The highest BCUT2D eigenvalue weighted by molar-refractivity contribution is 5.78. The summed E-state index contributed by atoms with van der Waals surface area (Å²) in [5.74, 6) is 0.644. The first-order valence-corrected chi connectivity index (χ1v) is 10.2. The second kappa shape index (κ2) is 8.12. The Labute approximate surface area is 174 Å². The molecule has 30 heavy (non-hydrogen) atoms. The van der Waals surface area contributed by atoms with E-state index in [2.05, 4.69) is 21.1 Å². The van der Waals surface area contributed by atoms with Gasteiger partial charge in [0.15, 0.2) is 0 Å². The molecule has 4 heterocycles. The van der Waals surface area contributed by atoms with Crippen molar-refractivity contribution in [2.45, 2.75) is 13.0 Å². The van der Waals surface area contributed by atoms with Crippen LogP contribution in [0.4, 0.5) is 0 Å². The van der Waals surface area contributed by atoms with Crippen LogP contribution in [0, 0.1) is 0 Å². The van der Waals surface area contributed by atoms with Crippen molar-refractivity contribution < 1.29 is 9.21 Å². The zero-order chi connectivity index (χ0) is 20.3. The second-order valence-corrected chi connectivity index (χ2v) is 7.54. The minimum Gasteiger partial charge on any atom is -0.444 e. The van der Waals surface area contributed by atoms with Crippen LogP contribution in [0.2, 0.25) is 0 Å². The van der Waals surface area contributed by atoms with Crippen LogP contribution in [0.15, 0.2) is 71.6 Å². The van der Waals surface area contributed by atoms with E-state index in [1.807, 2.05) is 64.0 Å². The van der Waals surface area contributed by atoms with Crippen LogP contribution in [0.5, 0.6) is 0 Å². The van der Waals surface area contributed by atoms with Gasteiger partial charge in [-0.25, -0.2) is 9.97 Å². The molecule has 3 aromatic heterocycles.